The Bertz CT molecular complexity index is 772. The van der Waals surface area contributed by atoms with Gasteiger partial charge in [-0.15, -0.1) is 11.3 Å². The number of thiophene rings is 1. The van der Waals surface area contributed by atoms with Gasteiger partial charge in [0.15, 0.2) is 0 Å². The van der Waals surface area contributed by atoms with Gasteiger partial charge in [0.2, 0.25) is 0 Å². The largest absolute Gasteiger partial charge is 0.379 e. The topological polar surface area (TPSA) is 32.8 Å². The van der Waals surface area contributed by atoms with Crippen LogP contribution in [0.5, 0.6) is 0 Å². The SMILES string of the molecule is Cc1ccc(C(=O)N2CCC(Cc3ccc(CN4CCOCC4)cc3)CC2)s1. The first-order valence-corrected chi connectivity index (χ1v) is 11.2. The average molecular weight is 399 g/mol. The Labute approximate surface area is 172 Å². The van der Waals surface area contributed by atoms with E-state index < -0.39 is 0 Å². The van der Waals surface area contributed by atoms with Gasteiger partial charge in [0.05, 0.1) is 18.1 Å². The van der Waals surface area contributed by atoms with Gasteiger partial charge in [-0.2, -0.15) is 0 Å². The predicted molar refractivity (Wildman–Crippen MR) is 114 cm³/mol. The molecule has 3 heterocycles. The molecule has 1 aromatic carbocycles. The number of likely N-dealkylation sites (tertiary alicyclic amines) is 1. The minimum atomic E-state index is 0.212. The molecule has 4 rings (SSSR count). The highest BCUT2D eigenvalue weighted by Gasteiger charge is 2.24. The van der Waals surface area contributed by atoms with Gasteiger partial charge in [-0.25, -0.2) is 0 Å². The summed E-state index contributed by atoms with van der Waals surface area (Å²) in [6, 6.07) is 13.1. The molecular formula is C23H30N2O2S. The molecule has 0 unspecified atom stereocenters. The van der Waals surface area contributed by atoms with Crippen LogP contribution in [-0.2, 0) is 17.7 Å². The molecule has 150 valence electrons. The average Bonchev–Trinajstić information content (AvgIpc) is 3.17. The fourth-order valence-electron chi connectivity index (χ4n) is 4.18. The van der Waals surface area contributed by atoms with Crippen molar-refractivity contribution in [1.82, 2.24) is 9.80 Å². The van der Waals surface area contributed by atoms with Gasteiger partial charge >= 0.3 is 0 Å². The highest BCUT2D eigenvalue weighted by atomic mass is 32.1. The molecule has 2 saturated heterocycles. The van der Waals surface area contributed by atoms with E-state index in [4.69, 9.17) is 4.74 Å². The van der Waals surface area contributed by atoms with E-state index in [2.05, 4.69) is 36.1 Å². The number of rotatable bonds is 5. The van der Waals surface area contributed by atoms with Crippen molar-refractivity contribution in [2.45, 2.75) is 32.7 Å². The number of benzene rings is 1. The summed E-state index contributed by atoms with van der Waals surface area (Å²) in [4.78, 5) is 19.2. The van der Waals surface area contributed by atoms with E-state index in [-0.39, 0.29) is 5.91 Å². The zero-order valence-corrected chi connectivity index (χ0v) is 17.5. The molecule has 2 aromatic rings. The molecule has 0 N–H and O–H groups in total. The minimum Gasteiger partial charge on any atom is -0.379 e. The van der Waals surface area contributed by atoms with E-state index in [1.165, 1.54) is 16.0 Å². The third kappa shape index (κ3) is 5.02. The molecule has 0 spiro atoms. The van der Waals surface area contributed by atoms with Gasteiger partial charge in [0.25, 0.3) is 5.91 Å². The Morgan fingerprint density at radius 1 is 1.00 bits per heavy atom. The maximum absolute atomic E-state index is 12.6. The lowest BCUT2D eigenvalue weighted by atomic mass is 9.90. The summed E-state index contributed by atoms with van der Waals surface area (Å²) in [5.74, 6) is 0.892. The summed E-state index contributed by atoms with van der Waals surface area (Å²) in [7, 11) is 0. The van der Waals surface area contributed by atoms with Gasteiger partial charge in [0.1, 0.15) is 0 Å². The number of amides is 1. The number of ether oxygens (including phenoxy) is 1. The van der Waals surface area contributed by atoms with Crippen LogP contribution in [-0.4, -0.2) is 55.1 Å². The predicted octanol–water partition coefficient (Wildman–Crippen LogP) is 3.98. The van der Waals surface area contributed by atoms with Crippen LogP contribution in [0.1, 0.15) is 38.5 Å². The summed E-state index contributed by atoms with van der Waals surface area (Å²) in [5.41, 5.74) is 2.81. The summed E-state index contributed by atoms with van der Waals surface area (Å²) in [6.45, 7) is 8.61. The molecule has 0 bridgehead atoms. The van der Waals surface area contributed by atoms with Crippen molar-refractivity contribution in [2.75, 3.05) is 39.4 Å². The molecule has 0 atom stereocenters. The Morgan fingerprint density at radius 2 is 1.68 bits per heavy atom. The highest BCUT2D eigenvalue weighted by molar-refractivity contribution is 7.13. The molecule has 0 radical (unpaired) electrons. The fourth-order valence-corrected chi connectivity index (χ4v) is 5.01. The van der Waals surface area contributed by atoms with Crippen molar-refractivity contribution < 1.29 is 9.53 Å². The number of nitrogens with zero attached hydrogens (tertiary/aromatic N) is 2. The Kier molecular flexibility index (Phi) is 6.45. The van der Waals surface area contributed by atoms with E-state index in [0.717, 1.165) is 70.1 Å². The van der Waals surface area contributed by atoms with E-state index in [0.29, 0.717) is 5.92 Å². The van der Waals surface area contributed by atoms with Gasteiger partial charge in [-0.3, -0.25) is 9.69 Å². The van der Waals surface area contributed by atoms with Gasteiger partial charge in [-0.05, 0) is 55.4 Å². The lowest BCUT2D eigenvalue weighted by Gasteiger charge is -2.32. The summed E-state index contributed by atoms with van der Waals surface area (Å²) < 4.78 is 5.42. The minimum absolute atomic E-state index is 0.212. The number of morpholine rings is 1. The fraction of sp³-hybridized carbons (Fsp3) is 0.522. The summed E-state index contributed by atoms with van der Waals surface area (Å²) >= 11 is 1.60. The van der Waals surface area contributed by atoms with Crippen molar-refractivity contribution >= 4 is 17.2 Å². The van der Waals surface area contributed by atoms with Crippen LogP contribution in [0, 0.1) is 12.8 Å². The Balaban J connectivity index is 1.24. The van der Waals surface area contributed by atoms with Gasteiger partial charge in [-0.1, -0.05) is 24.3 Å². The molecule has 2 aliphatic rings. The maximum Gasteiger partial charge on any atom is 0.263 e. The van der Waals surface area contributed by atoms with Gasteiger partial charge in [0, 0.05) is 37.6 Å². The molecule has 1 aromatic heterocycles. The Hall–Kier alpha value is -1.69. The van der Waals surface area contributed by atoms with Crippen molar-refractivity contribution in [2.24, 2.45) is 5.92 Å². The Morgan fingerprint density at radius 3 is 2.32 bits per heavy atom. The van der Waals surface area contributed by atoms with Crippen LogP contribution in [0.3, 0.4) is 0 Å². The number of carbonyl (C=O) groups is 1. The second-order valence-corrected chi connectivity index (χ2v) is 9.34. The zero-order chi connectivity index (χ0) is 19.3. The number of hydrogen-bond donors (Lipinski definition) is 0. The highest BCUT2D eigenvalue weighted by Crippen LogP contribution is 2.25. The molecular weight excluding hydrogens is 368 g/mol. The van der Waals surface area contributed by atoms with Crippen LogP contribution >= 0.6 is 11.3 Å². The number of aryl methyl sites for hydroxylation is 1. The maximum atomic E-state index is 12.6. The van der Waals surface area contributed by atoms with Gasteiger partial charge < -0.3 is 9.64 Å². The first kappa shape index (κ1) is 19.6. The van der Waals surface area contributed by atoms with Crippen LogP contribution in [0.4, 0.5) is 0 Å². The monoisotopic (exact) mass is 398 g/mol. The number of hydrogen-bond acceptors (Lipinski definition) is 4. The lowest BCUT2D eigenvalue weighted by Crippen LogP contribution is -2.38. The van der Waals surface area contributed by atoms with Crippen LogP contribution < -0.4 is 0 Å². The van der Waals surface area contributed by atoms with Crippen molar-refractivity contribution in [3.05, 3.63) is 57.3 Å². The van der Waals surface area contributed by atoms with E-state index in [9.17, 15) is 4.79 Å². The zero-order valence-electron chi connectivity index (χ0n) is 16.7. The second kappa shape index (κ2) is 9.21. The summed E-state index contributed by atoms with van der Waals surface area (Å²) in [6.07, 6.45) is 3.33. The third-order valence-corrected chi connectivity index (χ3v) is 6.90. The molecule has 1 amide bonds. The normalized spacial score (nSPS) is 19.1. The van der Waals surface area contributed by atoms with Crippen molar-refractivity contribution in [3.63, 3.8) is 0 Å². The molecule has 0 aliphatic carbocycles. The van der Waals surface area contributed by atoms with Crippen LogP contribution in [0.15, 0.2) is 36.4 Å². The molecule has 2 aliphatic heterocycles. The molecule has 2 fully saturated rings. The smallest absolute Gasteiger partial charge is 0.263 e. The van der Waals surface area contributed by atoms with E-state index in [1.807, 2.05) is 17.0 Å². The molecule has 5 heteroatoms. The first-order valence-electron chi connectivity index (χ1n) is 10.4. The quantitative estimate of drug-likeness (QED) is 0.764. The second-order valence-electron chi connectivity index (χ2n) is 8.06. The first-order chi connectivity index (χ1) is 13.7. The summed E-state index contributed by atoms with van der Waals surface area (Å²) in [5, 5.41) is 0. The van der Waals surface area contributed by atoms with Crippen molar-refractivity contribution in [1.29, 1.82) is 0 Å². The van der Waals surface area contributed by atoms with E-state index >= 15 is 0 Å². The standard InChI is InChI=1S/C23H30N2O2S/c1-18-2-7-22(28-18)23(26)25-10-8-20(9-11-25)16-19-3-5-21(6-4-19)17-24-12-14-27-15-13-24/h2-7,20H,8-17H2,1H3. The number of piperidine rings is 1. The van der Waals surface area contributed by atoms with Crippen LogP contribution in [0.25, 0.3) is 0 Å². The van der Waals surface area contributed by atoms with Crippen LogP contribution in [0.2, 0.25) is 0 Å². The number of carbonyl (C=O) groups excluding carboxylic acids is 1. The van der Waals surface area contributed by atoms with E-state index in [1.54, 1.807) is 11.3 Å². The third-order valence-electron chi connectivity index (χ3n) is 5.91. The molecule has 28 heavy (non-hydrogen) atoms. The van der Waals surface area contributed by atoms with Crippen molar-refractivity contribution in [3.8, 4) is 0 Å². The molecule has 0 saturated carbocycles. The molecule has 4 nitrogen and oxygen atoms in total. The lowest BCUT2D eigenvalue weighted by molar-refractivity contribution is 0.0342.